The molecule has 6 nitrogen and oxygen atoms in total. The lowest BCUT2D eigenvalue weighted by Gasteiger charge is -2.12. The largest absolute Gasteiger partial charge is 0.455 e. The maximum atomic E-state index is 12.4. The van der Waals surface area contributed by atoms with E-state index in [2.05, 4.69) is 15.3 Å². The molecule has 0 aliphatic rings. The number of anilines is 1. The fourth-order valence-electron chi connectivity index (χ4n) is 2.59. The highest BCUT2D eigenvalue weighted by atomic mass is 16.5. The van der Waals surface area contributed by atoms with Crippen LogP contribution in [0, 0.1) is 13.8 Å². The van der Waals surface area contributed by atoms with Gasteiger partial charge >= 0.3 is 0 Å². The summed E-state index contributed by atoms with van der Waals surface area (Å²) >= 11 is 0. The predicted octanol–water partition coefficient (Wildman–Crippen LogP) is 3.36. The zero-order valence-corrected chi connectivity index (χ0v) is 14.6. The number of aromatic amines is 1. The molecule has 3 aromatic rings. The molecule has 0 unspecified atom stereocenters. The van der Waals surface area contributed by atoms with Gasteiger partial charge in [-0.1, -0.05) is 30.3 Å². The summed E-state index contributed by atoms with van der Waals surface area (Å²) in [6, 6.07) is 16.5. The first-order valence-corrected chi connectivity index (χ1v) is 8.21. The molecule has 0 fully saturated rings. The highest BCUT2D eigenvalue weighted by molar-refractivity contribution is 5.93. The van der Waals surface area contributed by atoms with Crippen molar-refractivity contribution < 1.29 is 9.53 Å². The van der Waals surface area contributed by atoms with Gasteiger partial charge in [-0.2, -0.15) is 0 Å². The van der Waals surface area contributed by atoms with Crippen molar-refractivity contribution in [3.63, 3.8) is 0 Å². The van der Waals surface area contributed by atoms with E-state index < -0.39 is 0 Å². The Bertz CT molecular complexity index is 981. The van der Waals surface area contributed by atoms with Gasteiger partial charge in [-0.25, -0.2) is 4.98 Å². The molecule has 0 radical (unpaired) electrons. The number of para-hydroxylation sites is 3. The molecular weight excluding hydrogens is 330 g/mol. The molecule has 6 heteroatoms. The van der Waals surface area contributed by atoms with Gasteiger partial charge in [0, 0.05) is 11.3 Å². The lowest BCUT2D eigenvalue weighted by Crippen LogP contribution is -2.24. The SMILES string of the molecule is Cc1nc(C)c(CC(=O)Nc2ccccc2Oc2ccccc2)c(=O)[nH]1. The van der Waals surface area contributed by atoms with Crippen LogP contribution in [0.3, 0.4) is 0 Å². The minimum absolute atomic E-state index is 0.0614. The first-order chi connectivity index (χ1) is 12.5. The quantitative estimate of drug-likeness (QED) is 0.740. The molecule has 0 atom stereocenters. The van der Waals surface area contributed by atoms with E-state index in [1.807, 2.05) is 36.4 Å². The van der Waals surface area contributed by atoms with E-state index in [4.69, 9.17) is 4.74 Å². The van der Waals surface area contributed by atoms with Gasteiger partial charge in [0.2, 0.25) is 5.91 Å². The third-order valence-corrected chi connectivity index (χ3v) is 3.81. The summed E-state index contributed by atoms with van der Waals surface area (Å²) in [6.45, 7) is 3.42. The molecule has 1 heterocycles. The minimum atomic E-state index is -0.312. The summed E-state index contributed by atoms with van der Waals surface area (Å²) in [5.74, 6) is 1.41. The fraction of sp³-hybridized carbons (Fsp3) is 0.150. The molecule has 0 aliphatic heterocycles. The van der Waals surface area contributed by atoms with Gasteiger partial charge in [0.15, 0.2) is 5.75 Å². The molecule has 0 saturated carbocycles. The van der Waals surface area contributed by atoms with Crippen LogP contribution in [0.25, 0.3) is 0 Å². The summed E-state index contributed by atoms with van der Waals surface area (Å²) in [7, 11) is 0. The monoisotopic (exact) mass is 349 g/mol. The number of aryl methyl sites for hydroxylation is 2. The number of hydrogen-bond donors (Lipinski definition) is 2. The average Bonchev–Trinajstić information content (AvgIpc) is 2.61. The van der Waals surface area contributed by atoms with Crippen molar-refractivity contribution in [3.8, 4) is 11.5 Å². The van der Waals surface area contributed by atoms with Gasteiger partial charge < -0.3 is 15.0 Å². The third-order valence-electron chi connectivity index (χ3n) is 3.81. The number of hydrogen-bond acceptors (Lipinski definition) is 4. The van der Waals surface area contributed by atoms with Crippen LogP contribution in [0.15, 0.2) is 59.4 Å². The number of benzene rings is 2. The number of nitrogens with one attached hydrogen (secondary N) is 2. The number of H-pyrrole nitrogens is 1. The summed E-state index contributed by atoms with van der Waals surface area (Å²) in [5.41, 5.74) is 1.15. The highest BCUT2D eigenvalue weighted by Gasteiger charge is 2.14. The van der Waals surface area contributed by atoms with Crippen molar-refractivity contribution in [2.45, 2.75) is 20.3 Å². The van der Waals surface area contributed by atoms with Crippen molar-refractivity contribution in [2.24, 2.45) is 0 Å². The minimum Gasteiger partial charge on any atom is -0.455 e. The van der Waals surface area contributed by atoms with Crippen molar-refractivity contribution in [1.82, 2.24) is 9.97 Å². The smallest absolute Gasteiger partial charge is 0.254 e. The summed E-state index contributed by atoms with van der Waals surface area (Å²) in [4.78, 5) is 31.3. The number of carbonyl (C=O) groups excluding carboxylic acids is 1. The van der Waals surface area contributed by atoms with Crippen molar-refractivity contribution in [2.75, 3.05) is 5.32 Å². The van der Waals surface area contributed by atoms with Gasteiger partial charge in [0.1, 0.15) is 11.6 Å². The molecule has 0 saturated heterocycles. The van der Waals surface area contributed by atoms with Crippen LogP contribution in [0.1, 0.15) is 17.1 Å². The van der Waals surface area contributed by atoms with Crippen LogP contribution in [0.5, 0.6) is 11.5 Å². The van der Waals surface area contributed by atoms with Crippen molar-refractivity contribution in [3.05, 3.63) is 82.0 Å². The highest BCUT2D eigenvalue weighted by Crippen LogP contribution is 2.29. The molecule has 1 aromatic heterocycles. The zero-order chi connectivity index (χ0) is 18.5. The van der Waals surface area contributed by atoms with Crippen molar-refractivity contribution in [1.29, 1.82) is 0 Å². The van der Waals surface area contributed by atoms with Crippen molar-refractivity contribution >= 4 is 11.6 Å². The number of ether oxygens (including phenoxy) is 1. The van der Waals surface area contributed by atoms with Gasteiger partial charge in [-0.05, 0) is 38.1 Å². The fourth-order valence-corrected chi connectivity index (χ4v) is 2.59. The summed E-state index contributed by atoms with van der Waals surface area (Å²) in [5, 5.41) is 2.80. The third kappa shape index (κ3) is 4.16. The molecule has 2 N–H and O–H groups in total. The number of carbonyl (C=O) groups is 1. The van der Waals surface area contributed by atoms with Crippen LogP contribution >= 0.6 is 0 Å². The van der Waals surface area contributed by atoms with Gasteiger partial charge in [-0.15, -0.1) is 0 Å². The second kappa shape index (κ2) is 7.65. The van der Waals surface area contributed by atoms with Crippen LogP contribution in [0.2, 0.25) is 0 Å². The molecule has 0 spiro atoms. The molecule has 2 aromatic carbocycles. The van der Waals surface area contributed by atoms with E-state index in [0.29, 0.717) is 34.3 Å². The Morgan fingerprint density at radius 2 is 1.77 bits per heavy atom. The van der Waals surface area contributed by atoms with E-state index in [1.54, 1.807) is 32.0 Å². The summed E-state index contributed by atoms with van der Waals surface area (Å²) < 4.78 is 5.83. The molecular formula is C20H19N3O3. The average molecular weight is 349 g/mol. The van der Waals surface area contributed by atoms with Gasteiger partial charge in [-0.3, -0.25) is 9.59 Å². The van der Waals surface area contributed by atoms with Crippen LogP contribution in [0.4, 0.5) is 5.69 Å². The Morgan fingerprint density at radius 1 is 1.08 bits per heavy atom. The number of nitrogens with zero attached hydrogens (tertiary/aromatic N) is 1. The predicted molar refractivity (Wildman–Crippen MR) is 99.6 cm³/mol. The van der Waals surface area contributed by atoms with E-state index >= 15 is 0 Å². The summed E-state index contributed by atoms with van der Waals surface area (Å²) in [6.07, 6.45) is -0.0614. The zero-order valence-electron chi connectivity index (χ0n) is 14.6. The van der Waals surface area contributed by atoms with Crippen LogP contribution in [-0.4, -0.2) is 15.9 Å². The standard InChI is InChI=1S/C20H19N3O3/c1-13-16(20(25)22-14(2)21-13)12-19(24)23-17-10-6-7-11-18(17)26-15-8-4-3-5-9-15/h3-11H,12H2,1-2H3,(H,23,24)(H,21,22,25). The Kier molecular flexibility index (Phi) is 5.12. The molecule has 0 aliphatic carbocycles. The second-order valence-electron chi connectivity index (χ2n) is 5.85. The molecule has 132 valence electrons. The Hall–Kier alpha value is -3.41. The topological polar surface area (TPSA) is 84.1 Å². The lowest BCUT2D eigenvalue weighted by molar-refractivity contribution is -0.115. The maximum absolute atomic E-state index is 12.4. The number of amides is 1. The van der Waals surface area contributed by atoms with E-state index in [1.165, 1.54) is 0 Å². The molecule has 0 bridgehead atoms. The molecule has 1 amide bonds. The number of aromatic nitrogens is 2. The maximum Gasteiger partial charge on any atom is 0.254 e. The van der Waals surface area contributed by atoms with E-state index in [9.17, 15) is 9.59 Å². The lowest BCUT2D eigenvalue weighted by atomic mass is 10.1. The Labute approximate surface area is 150 Å². The first kappa shape index (κ1) is 17.4. The van der Waals surface area contributed by atoms with Gasteiger partial charge in [0.25, 0.3) is 5.56 Å². The first-order valence-electron chi connectivity index (χ1n) is 8.21. The van der Waals surface area contributed by atoms with Crippen LogP contribution < -0.4 is 15.6 Å². The Morgan fingerprint density at radius 3 is 2.50 bits per heavy atom. The molecule has 3 rings (SSSR count). The van der Waals surface area contributed by atoms with E-state index in [0.717, 1.165) is 0 Å². The normalized spacial score (nSPS) is 10.4. The Balaban J connectivity index is 1.77. The second-order valence-corrected chi connectivity index (χ2v) is 5.85. The number of rotatable bonds is 5. The van der Waals surface area contributed by atoms with E-state index in [-0.39, 0.29) is 17.9 Å². The van der Waals surface area contributed by atoms with Gasteiger partial charge in [0.05, 0.1) is 12.1 Å². The van der Waals surface area contributed by atoms with Crippen LogP contribution in [-0.2, 0) is 11.2 Å². The molecule has 26 heavy (non-hydrogen) atoms.